The minimum atomic E-state index is 0.377. The maximum Gasteiger partial charge on any atom is 0.154 e. The summed E-state index contributed by atoms with van der Waals surface area (Å²) in [5.74, 6) is 1.11. The first-order valence-electron chi connectivity index (χ1n) is 5.34. The quantitative estimate of drug-likeness (QED) is 0.831. The predicted molar refractivity (Wildman–Crippen MR) is 67.2 cm³/mol. The third-order valence-electron chi connectivity index (χ3n) is 2.56. The van der Waals surface area contributed by atoms with E-state index in [1.165, 1.54) is 12.0 Å². The summed E-state index contributed by atoms with van der Waals surface area (Å²) in [4.78, 5) is 4.53. The number of amidine groups is 1. The van der Waals surface area contributed by atoms with Crippen LogP contribution in [0, 0.1) is 0 Å². The molecule has 0 saturated heterocycles. The zero-order valence-corrected chi connectivity index (χ0v) is 9.54. The number of rotatable bonds is 2. The average molecular weight is 220 g/mol. The summed E-state index contributed by atoms with van der Waals surface area (Å²) in [5.41, 5.74) is 7.14. The van der Waals surface area contributed by atoms with E-state index in [0.29, 0.717) is 6.04 Å². The lowest BCUT2D eigenvalue weighted by atomic mass is 10.0. The van der Waals surface area contributed by atoms with Gasteiger partial charge in [-0.2, -0.15) is 0 Å². The molecule has 1 heterocycles. The molecule has 3 heteroatoms. The maximum atomic E-state index is 5.79. The van der Waals surface area contributed by atoms with E-state index in [1.807, 2.05) is 6.07 Å². The van der Waals surface area contributed by atoms with Crippen molar-refractivity contribution in [3.05, 3.63) is 35.9 Å². The molecule has 0 fully saturated rings. The fourth-order valence-corrected chi connectivity index (χ4v) is 2.56. The molecule has 0 radical (unpaired) electrons. The Balaban J connectivity index is 2.02. The Kier molecular flexibility index (Phi) is 3.67. The Hall–Kier alpha value is -0.960. The Labute approximate surface area is 95.0 Å². The predicted octanol–water partition coefficient (Wildman–Crippen LogP) is 2.44. The van der Waals surface area contributed by atoms with Crippen molar-refractivity contribution in [1.29, 1.82) is 0 Å². The van der Waals surface area contributed by atoms with Crippen LogP contribution in [0.2, 0.25) is 0 Å². The van der Waals surface area contributed by atoms with Gasteiger partial charge in [-0.25, -0.2) is 0 Å². The zero-order valence-electron chi connectivity index (χ0n) is 8.73. The highest BCUT2D eigenvalue weighted by molar-refractivity contribution is 8.13. The third-order valence-corrected chi connectivity index (χ3v) is 3.45. The van der Waals surface area contributed by atoms with Gasteiger partial charge < -0.3 is 5.73 Å². The molecule has 0 saturated carbocycles. The van der Waals surface area contributed by atoms with E-state index < -0.39 is 0 Å². The monoisotopic (exact) mass is 220 g/mol. The van der Waals surface area contributed by atoms with Gasteiger partial charge in [-0.1, -0.05) is 42.1 Å². The van der Waals surface area contributed by atoms with Crippen LogP contribution in [0.4, 0.5) is 0 Å². The van der Waals surface area contributed by atoms with Crippen LogP contribution < -0.4 is 5.73 Å². The molecule has 2 N–H and O–H groups in total. The smallest absolute Gasteiger partial charge is 0.154 e. The van der Waals surface area contributed by atoms with Gasteiger partial charge in [0.1, 0.15) is 0 Å². The molecule has 1 unspecified atom stereocenters. The number of hydrogen-bond donors (Lipinski definition) is 1. The summed E-state index contributed by atoms with van der Waals surface area (Å²) in [6.45, 7) is 0. The van der Waals surface area contributed by atoms with Crippen molar-refractivity contribution in [1.82, 2.24) is 0 Å². The fourth-order valence-electron chi connectivity index (χ4n) is 1.81. The number of aliphatic imine (C=N–C) groups is 1. The molecular formula is C12H16N2S. The van der Waals surface area contributed by atoms with Crippen LogP contribution in [-0.4, -0.2) is 17.0 Å². The van der Waals surface area contributed by atoms with Crippen LogP contribution in [0.3, 0.4) is 0 Å². The maximum absolute atomic E-state index is 5.79. The van der Waals surface area contributed by atoms with E-state index in [2.05, 4.69) is 29.3 Å². The lowest BCUT2D eigenvalue weighted by Crippen LogP contribution is -2.13. The summed E-state index contributed by atoms with van der Waals surface area (Å²) in [5, 5.41) is 0.758. The number of nitrogens with two attached hydrogens (primary N) is 1. The van der Waals surface area contributed by atoms with Gasteiger partial charge in [0, 0.05) is 5.75 Å². The molecule has 0 aliphatic carbocycles. The lowest BCUT2D eigenvalue weighted by Gasteiger charge is -2.10. The fraction of sp³-hybridized carbons (Fsp3) is 0.417. The first-order chi connectivity index (χ1) is 7.34. The lowest BCUT2D eigenvalue weighted by molar-refractivity contribution is 0.610. The van der Waals surface area contributed by atoms with Crippen molar-refractivity contribution in [2.75, 3.05) is 5.75 Å². The second-order valence-corrected chi connectivity index (χ2v) is 4.92. The van der Waals surface area contributed by atoms with Crippen molar-refractivity contribution >= 4 is 16.9 Å². The first-order valence-corrected chi connectivity index (χ1v) is 6.33. The van der Waals surface area contributed by atoms with E-state index in [9.17, 15) is 0 Å². The minimum Gasteiger partial charge on any atom is -0.379 e. The molecule has 2 nitrogen and oxygen atoms in total. The van der Waals surface area contributed by atoms with Crippen LogP contribution in [-0.2, 0) is 6.42 Å². The van der Waals surface area contributed by atoms with Gasteiger partial charge in [-0.15, -0.1) is 0 Å². The van der Waals surface area contributed by atoms with Crippen LogP contribution in [0.25, 0.3) is 0 Å². The standard InChI is InChI=1S/C12H16N2S/c13-12-14-11(7-4-8-15-12)9-10-5-2-1-3-6-10/h1-3,5-6,11H,4,7-9H2,(H2,13,14). The molecule has 0 amide bonds. The van der Waals surface area contributed by atoms with Crippen molar-refractivity contribution < 1.29 is 0 Å². The molecule has 2 rings (SSSR count). The van der Waals surface area contributed by atoms with E-state index in [-0.39, 0.29) is 0 Å². The molecule has 1 aliphatic rings. The first kappa shape index (κ1) is 10.6. The highest BCUT2D eigenvalue weighted by Crippen LogP contribution is 2.18. The van der Waals surface area contributed by atoms with Gasteiger partial charge in [-0.3, -0.25) is 4.99 Å². The van der Waals surface area contributed by atoms with Gasteiger partial charge in [-0.05, 0) is 24.8 Å². The SMILES string of the molecule is NC1=NC(Cc2ccccc2)CCCS1. The van der Waals surface area contributed by atoms with Crippen molar-refractivity contribution in [3.63, 3.8) is 0 Å². The van der Waals surface area contributed by atoms with Gasteiger partial charge >= 0.3 is 0 Å². The van der Waals surface area contributed by atoms with Gasteiger partial charge in [0.25, 0.3) is 0 Å². The van der Waals surface area contributed by atoms with Gasteiger partial charge in [0.05, 0.1) is 6.04 Å². The molecule has 1 aromatic carbocycles. The third kappa shape index (κ3) is 3.27. The number of nitrogens with zero attached hydrogens (tertiary/aromatic N) is 1. The molecular weight excluding hydrogens is 204 g/mol. The van der Waals surface area contributed by atoms with Crippen LogP contribution in [0.15, 0.2) is 35.3 Å². The Morgan fingerprint density at radius 1 is 1.33 bits per heavy atom. The largest absolute Gasteiger partial charge is 0.379 e. The van der Waals surface area contributed by atoms with E-state index >= 15 is 0 Å². The van der Waals surface area contributed by atoms with E-state index in [0.717, 1.165) is 23.8 Å². The van der Waals surface area contributed by atoms with E-state index in [1.54, 1.807) is 11.8 Å². The van der Waals surface area contributed by atoms with E-state index in [4.69, 9.17) is 5.73 Å². The van der Waals surface area contributed by atoms with Crippen LogP contribution in [0.1, 0.15) is 18.4 Å². The molecule has 0 aromatic heterocycles. The molecule has 15 heavy (non-hydrogen) atoms. The van der Waals surface area contributed by atoms with Gasteiger partial charge in [0.2, 0.25) is 0 Å². The molecule has 1 atom stereocenters. The summed E-state index contributed by atoms with van der Waals surface area (Å²) in [6.07, 6.45) is 3.39. The molecule has 0 bridgehead atoms. The number of benzene rings is 1. The number of hydrogen-bond acceptors (Lipinski definition) is 3. The van der Waals surface area contributed by atoms with Crippen LogP contribution in [0.5, 0.6) is 0 Å². The van der Waals surface area contributed by atoms with Gasteiger partial charge in [0.15, 0.2) is 5.17 Å². The number of thioether (sulfide) groups is 1. The molecule has 0 spiro atoms. The minimum absolute atomic E-state index is 0.377. The summed E-state index contributed by atoms with van der Waals surface area (Å²) < 4.78 is 0. The second kappa shape index (κ2) is 5.21. The molecule has 1 aliphatic heterocycles. The summed E-state index contributed by atoms with van der Waals surface area (Å²) in [6, 6.07) is 10.9. The average Bonchev–Trinajstić information content (AvgIpc) is 2.44. The summed E-state index contributed by atoms with van der Waals surface area (Å²) in [7, 11) is 0. The van der Waals surface area contributed by atoms with Crippen molar-refractivity contribution in [2.24, 2.45) is 10.7 Å². The summed E-state index contributed by atoms with van der Waals surface area (Å²) >= 11 is 1.68. The normalized spacial score (nSPS) is 21.9. The highest BCUT2D eigenvalue weighted by atomic mass is 32.2. The van der Waals surface area contributed by atoms with Crippen LogP contribution >= 0.6 is 11.8 Å². The Morgan fingerprint density at radius 3 is 2.93 bits per heavy atom. The molecule has 80 valence electrons. The van der Waals surface area contributed by atoms with Crippen molar-refractivity contribution in [3.8, 4) is 0 Å². The second-order valence-electron chi connectivity index (χ2n) is 3.80. The zero-order chi connectivity index (χ0) is 10.5. The molecule has 1 aromatic rings. The topological polar surface area (TPSA) is 38.4 Å². The van der Waals surface area contributed by atoms with Crippen molar-refractivity contribution in [2.45, 2.75) is 25.3 Å². The highest BCUT2D eigenvalue weighted by Gasteiger charge is 2.12. The Bertz CT molecular complexity index is 335. The Morgan fingerprint density at radius 2 is 2.13 bits per heavy atom.